The molecule has 1 heterocycles. The Hall–Kier alpha value is -3.02. The molecule has 160 valence electrons. The molecule has 0 saturated carbocycles. The van der Waals surface area contributed by atoms with Gasteiger partial charge in [0.1, 0.15) is 11.5 Å². The highest BCUT2D eigenvalue weighted by molar-refractivity contribution is 5.96. The monoisotopic (exact) mass is 410 g/mol. The zero-order valence-corrected chi connectivity index (χ0v) is 18.4. The third-order valence-corrected chi connectivity index (χ3v) is 5.68. The molecule has 0 radical (unpaired) electrons. The Morgan fingerprint density at radius 1 is 0.800 bits per heavy atom. The van der Waals surface area contributed by atoms with Crippen LogP contribution in [-0.4, -0.2) is 62.0 Å². The Morgan fingerprint density at radius 2 is 1.23 bits per heavy atom. The molecule has 0 atom stereocenters. The van der Waals surface area contributed by atoms with Crippen molar-refractivity contribution in [3.63, 3.8) is 0 Å². The van der Waals surface area contributed by atoms with Crippen LogP contribution in [0.1, 0.15) is 51.6 Å². The first kappa shape index (κ1) is 21.7. The van der Waals surface area contributed by atoms with E-state index in [4.69, 9.17) is 9.47 Å². The number of piperazine rings is 1. The normalized spacial score (nSPS) is 14.1. The number of amides is 2. The Kier molecular flexibility index (Phi) is 6.65. The molecule has 2 aromatic rings. The molecular weight excluding hydrogens is 380 g/mol. The number of hydrogen-bond acceptors (Lipinski definition) is 4. The molecule has 1 saturated heterocycles. The molecule has 2 amide bonds. The van der Waals surface area contributed by atoms with Crippen molar-refractivity contribution in [1.29, 1.82) is 0 Å². The molecular formula is C24H30N2O4. The molecule has 0 aromatic heterocycles. The van der Waals surface area contributed by atoms with E-state index in [1.54, 1.807) is 31.3 Å². The summed E-state index contributed by atoms with van der Waals surface area (Å²) in [5, 5.41) is 0. The van der Waals surface area contributed by atoms with Crippen molar-refractivity contribution in [2.45, 2.75) is 26.7 Å². The van der Waals surface area contributed by atoms with Crippen LogP contribution in [0.5, 0.6) is 11.5 Å². The fourth-order valence-corrected chi connectivity index (χ4v) is 3.70. The average molecular weight is 411 g/mol. The Labute approximate surface area is 178 Å². The quantitative estimate of drug-likeness (QED) is 0.754. The van der Waals surface area contributed by atoms with E-state index < -0.39 is 0 Å². The van der Waals surface area contributed by atoms with Gasteiger partial charge in [0.05, 0.1) is 14.2 Å². The summed E-state index contributed by atoms with van der Waals surface area (Å²) in [5.74, 6) is 1.60. The number of carbonyl (C=O) groups excluding carboxylic acids is 2. The molecule has 1 fully saturated rings. The summed E-state index contributed by atoms with van der Waals surface area (Å²) in [5.41, 5.74) is 3.28. The van der Waals surface area contributed by atoms with E-state index in [1.807, 2.05) is 36.1 Å². The molecule has 3 rings (SSSR count). The minimum absolute atomic E-state index is 0.0103. The maximum atomic E-state index is 13.0. The van der Waals surface area contributed by atoms with Gasteiger partial charge in [-0.25, -0.2) is 0 Å². The summed E-state index contributed by atoms with van der Waals surface area (Å²) in [6.07, 6.45) is 0. The first-order valence-corrected chi connectivity index (χ1v) is 10.3. The van der Waals surface area contributed by atoms with Crippen LogP contribution in [0.4, 0.5) is 0 Å². The number of rotatable bonds is 5. The SMILES string of the molecule is COc1cc(C(=O)N2CCN(C(=O)c3ccc(C(C)C)cc3)CC2)cc(OC)c1C. The zero-order chi connectivity index (χ0) is 21.8. The van der Waals surface area contributed by atoms with Gasteiger partial charge in [0.15, 0.2) is 0 Å². The van der Waals surface area contributed by atoms with Crippen LogP contribution in [0.2, 0.25) is 0 Å². The smallest absolute Gasteiger partial charge is 0.254 e. The van der Waals surface area contributed by atoms with Gasteiger partial charge in [-0.3, -0.25) is 9.59 Å². The molecule has 30 heavy (non-hydrogen) atoms. The van der Waals surface area contributed by atoms with E-state index in [0.717, 1.165) is 5.56 Å². The summed E-state index contributed by atoms with van der Waals surface area (Å²) in [6.45, 7) is 8.16. The van der Waals surface area contributed by atoms with Crippen LogP contribution in [0.25, 0.3) is 0 Å². The van der Waals surface area contributed by atoms with Crippen molar-refractivity contribution >= 4 is 11.8 Å². The number of hydrogen-bond donors (Lipinski definition) is 0. The number of nitrogens with zero attached hydrogens (tertiary/aromatic N) is 2. The van der Waals surface area contributed by atoms with Crippen LogP contribution in [0.3, 0.4) is 0 Å². The van der Waals surface area contributed by atoms with Crippen LogP contribution in [-0.2, 0) is 0 Å². The highest BCUT2D eigenvalue weighted by Crippen LogP contribution is 2.30. The lowest BCUT2D eigenvalue weighted by molar-refractivity contribution is 0.0535. The second kappa shape index (κ2) is 9.20. The summed E-state index contributed by atoms with van der Waals surface area (Å²) in [4.78, 5) is 29.4. The lowest BCUT2D eigenvalue weighted by atomic mass is 10.0. The van der Waals surface area contributed by atoms with Gasteiger partial charge in [-0.05, 0) is 42.7 Å². The molecule has 0 unspecified atom stereocenters. The van der Waals surface area contributed by atoms with E-state index in [0.29, 0.717) is 54.7 Å². The lowest BCUT2D eigenvalue weighted by Crippen LogP contribution is -2.50. The maximum Gasteiger partial charge on any atom is 0.254 e. The molecule has 0 spiro atoms. The highest BCUT2D eigenvalue weighted by Gasteiger charge is 2.26. The summed E-state index contributed by atoms with van der Waals surface area (Å²) in [6, 6.07) is 11.3. The van der Waals surface area contributed by atoms with Crippen molar-refractivity contribution in [2.24, 2.45) is 0 Å². The summed E-state index contributed by atoms with van der Waals surface area (Å²) in [7, 11) is 3.15. The standard InChI is InChI=1S/C24H30N2O4/c1-16(2)18-6-8-19(9-7-18)23(27)25-10-12-26(13-11-25)24(28)20-14-21(29-4)17(3)22(15-20)30-5/h6-9,14-16H,10-13H2,1-5H3. The van der Waals surface area contributed by atoms with Gasteiger partial charge >= 0.3 is 0 Å². The fraction of sp³-hybridized carbons (Fsp3) is 0.417. The van der Waals surface area contributed by atoms with E-state index >= 15 is 0 Å². The minimum Gasteiger partial charge on any atom is -0.496 e. The molecule has 1 aliphatic heterocycles. The van der Waals surface area contributed by atoms with Gasteiger partial charge in [0, 0.05) is 42.9 Å². The third-order valence-electron chi connectivity index (χ3n) is 5.68. The molecule has 0 N–H and O–H groups in total. The number of ether oxygens (including phenoxy) is 2. The Bertz CT molecular complexity index is 888. The maximum absolute atomic E-state index is 13.0. The molecule has 6 heteroatoms. The van der Waals surface area contributed by atoms with Crippen molar-refractivity contribution in [3.05, 3.63) is 58.7 Å². The van der Waals surface area contributed by atoms with E-state index in [2.05, 4.69) is 13.8 Å². The average Bonchev–Trinajstić information content (AvgIpc) is 2.78. The van der Waals surface area contributed by atoms with E-state index in [1.165, 1.54) is 5.56 Å². The lowest BCUT2D eigenvalue weighted by Gasteiger charge is -2.35. The van der Waals surface area contributed by atoms with Gasteiger partial charge in [-0.2, -0.15) is 0 Å². The minimum atomic E-state index is -0.0833. The van der Waals surface area contributed by atoms with E-state index in [9.17, 15) is 9.59 Å². The molecule has 0 aliphatic carbocycles. The van der Waals surface area contributed by atoms with Crippen LogP contribution < -0.4 is 9.47 Å². The Balaban J connectivity index is 1.66. The third kappa shape index (κ3) is 4.42. The zero-order valence-electron chi connectivity index (χ0n) is 18.4. The molecule has 1 aliphatic rings. The van der Waals surface area contributed by atoms with Crippen molar-refractivity contribution in [1.82, 2.24) is 9.80 Å². The van der Waals surface area contributed by atoms with Crippen LogP contribution in [0.15, 0.2) is 36.4 Å². The first-order valence-electron chi connectivity index (χ1n) is 10.3. The molecule has 2 aromatic carbocycles. The van der Waals surface area contributed by atoms with Gasteiger partial charge in [-0.15, -0.1) is 0 Å². The van der Waals surface area contributed by atoms with Gasteiger partial charge in [-0.1, -0.05) is 26.0 Å². The van der Waals surface area contributed by atoms with Crippen molar-refractivity contribution < 1.29 is 19.1 Å². The van der Waals surface area contributed by atoms with Crippen molar-refractivity contribution in [3.8, 4) is 11.5 Å². The Morgan fingerprint density at radius 3 is 1.63 bits per heavy atom. The first-order chi connectivity index (χ1) is 14.3. The molecule has 0 bridgehead atoms. The fourth-order valence-electron chi connectivity index (χ4n) is 3.70. The van der Waals surface area contributed by atoms with Crippen LogP contribution >= 0.6 is 0 Å². The number of benzene rings is 2. The summed E-state index contributed by atoms with van der Waals surface area (Å²) >= 11 is 0. The second-order valence-electron chi connectivity index (χ2n) is 7.87. The predicted octanol–water partition coefficient (Wildman–Crippen LogP) is 3.73. The highest BCUT2D eigenvalue weighted by atomic mass is 16.5. The van der Waals surface area contributed by atoms with E-state index in [-0.39, 0.29) is 11.8 Å². The van der Waals surface area contributed by atoms with Gasteiger partial charge in [0.25, 0.3) is 11.8 Å². The molecule has 6 nitrogen and oxygen atoms in total. The van der Waals surface area contributed by atoms with Gasteiger partial charge in [0.2, 0.25) is 0 Å². The topological polar surface area (TPSA) is 59.1 Å². The summed E-state index contributed by atoms with van der Waals surface area (Å²) < 4.78 is 10.8. The van der Waals surface area contributed by atoms with Crippen molar-refractivity contribution in [2.75, 3.05) is 40.4 Å². The predicted molar refractivity (Wildman–Crippen MR) is 117 cm³/mol. The van der Waals surface area contributed by atoms with Crippen LogP contribution in [0, 0.1) is 6.92 Å². The second-order valence-corrected chi connectivity index (χ2v) is 7.87. The number of methoxy groups -OCH3 is 2. The van der Waals surface area contributed by atoms with Gasteiger partial charge < -0.3 is 19.3 Å². The number of carbonyl (C=O) groups is 2. The largest absolute Gasteiger partial charge is 0.496 e.